The second-order valence-electron chi connectivity index (χ2n) is 7.90. The van der Waals surface area contributed by atoms with Gasteiger partial charge in [-0.25, -0.2) is 9.78 Å². The number of carbonyl (C=O) groups is 2. The van der Waals surface area contributed by atoms with Crippen molar-refractivity contribution in [2.75, 3.05) is 30.3 Å². The predicted octanol–water partition coefficient (Wildman–Crippen LogP) is 2.42. The number of aromatic nitrogens is 1. The Morgan fingerprint density at radius 1 is 1.20 bits per heavy atom. The van der Waals surface area contributed by atoms with E-state index < -0.39 is 5.60 Å². The fraction of sp³-hybridized carbons (Fsp3) is 0.611. The van der Waals surface area contributed by atoms with E-state index >= 15 is 0 Å². The fourth-order valence-corrected chi connectivity index (χ4v) is 3.53. The summed E-state index contributed by atoms with van der Waals surface area (Å²) in [5, 5.41) is 0. The van der Waals surface area contributed by atoms with Gasteiger partial charge in [0.15, 0.2) is 0 Å². The molecule has 2 aliphatic rings. The maximum atomic E-state index is 13.0. The monoisotopic (exact) mass is 346 g/mol. The molecule has 2 N–H and O–H groups in total. The van der Waals surface area contributed by atoms with Gasteiger partial charge < -0.3 is 20.3 Å². The van der Waals surface area contributed by atoms with Crippen molar-refractivity contribution in [3.05, 3.63) is 18.3 Å². The molecule has 2 saturated heterocycles. The van der Waals surface area contributed by atoms with Crippen LogP contribution in [0.4, 0.5) is 16.3 Å². The number of nitrogen functional groups attached to an aromatic ring is 1. The van der Waals surface area contributed by atoms with E-state index in [0.717, 1.165) is 12.1 Å². The molecule has 2 fully saturated rings. The third kappa shape index (κ3) is 3.55. The highest BCUT2D eigenvalue weighted by molar-refractivity contribution is 6.00. The smallest absolute Gasteiger partial charge is 0.410 e. The Balaban J connectivity index is 1.64. The van der Waals surface area contributed by atoms with Crippen LogP contribution >= 0.6 is 0 Å². The van der Waals surface area contributed by atoms with Crippen LogP contribution in [0, 0.1) is 5.41 Å². The van der Waals surface area contributed by atoms with Gasteiger partial charge in [0.05, 0.1) is 17.3 Å². The van der Waals surface area contributed by atoms with Crippen molar-refractivity contribution in [2.45, 2.75) is 45.6 Å². The predicted molar refractivity (Wildman–Crippen MR) is 95.1 cm³/mol. The standard InChI is InChI=1S/C18H26N4O3/c1-17(2,3)25-16(24)21-9-6-18(7-10-21)8-11-22(15(18)23)13-4-5-14(19)20-12-13/h4-5,12H,6-11H2,1-3H3,(H2,19,20). The number of likely N-dealkylation sites (tertiary alicyclic amines) is 1. The highest BCUT2D eigenvalue weighted by Crippen LogP contribution is 2.43. The number of nitrogens with two attached hydrogens (primary N) is 1. The molecule has 1 aromatic heterocycles. The Hall–Kier alpha value is -2.31. The summed E-state index contributed by atoms with van der Waals surface area (Å²) in [5.41, 5.74) is 5.52. The third-order valence-corrected chi connectivity index (χ3v) is 4.97. The molecule has 1 spiro atoms. The highest BCUT2D eigenvalue weighted by atomic mass is 16.6. The molecule has 0 aliphatic carbocycles. The zero-order valence-corrected chi connectivity index (χ0v) is 15.1. The number of carbonyl (C=O) groups excluding carboxylic acids is 2. The Labute approximate surface area is 148 Å². The van der Waals surface area contributed by atoms with Crippen LogP contribution in [0.2, 0.25) is 0 Å². The Bertz CT molecular complexity index is 658. The SMILES string of the molecule is CC(C)(C)OC(=O)N1CCC2(CC1)CCN(c1ccc(N)nc1)C2=O. The molecule has 2 aliphatic heterocycles. The first kappa shape index (κ1) is 17.5. The molecular formula is C18H26N4O3. The van der Waals surface area contributed by atoms with Gasteiger partial charge in [-0.2, -0.15) is 0 Å². The summed E-state index contributed by atoms with van der Waals surface area (Å²) >= 11 is 0. The number of ether oxygens (including phenoxy) is 1. The molecule has 7 heteroatoms. The highest BCUT2D eigenvalue weighted by Gasteiger charge is 2.49. The third-order valence-electron chi connectivity index (χ3n) is 4.97. The lowest BCUT2D eigenvalue weighted by Crippen LogP contribution is -2.48. The number of anilines is 2. The van der Waals surface area contributed by atoms with Crippen molar-refractivity contribution in [3.8, 4) is 0 Å². The average Bonchev–Trinajstić information content (AvgIpc) is 2.84. The molecule has 0 bridgehead atoms. The Morgan fingerprint density at radius 2 is 1.84 bits per heavy atom. The van der Waals surface area contributed by atoms with Gasteiger partial charge in [0.1, 0.15) is 11.4 Å². The number of rotatable bonds is 1. The molecule has 25 heavy (non-hydrogen) atoms. The maximum absolute atomic E-state index is 13.0. The van der Waals surface area contributed by atoms with Crippen molar-refractivity contribution in [3.63, 3.8) is 0 Å². The second-order valence-corrected chi connectivity index (χ2v) is 7.90. The first-order valence-corrected chi connectivity index (χ1v) is 8.72. The maximum Gasteiger partial charge on any atom is 0.410 e. The number of pyridine rings is 1. The number of hydrogen-bond acceptors (Lipinski definition) is 5. The summed E-state index contributed by atoms with van der Waals surface area (Å²) in [6, 6.07) is 3.54. The molecule has 1 aromatic rings. The van der Waals surface area contributed by atoms with E-state index in [9.17, 15) is 9.59 Å². The number of nitrogens with zero attached hydrogens (tertiary/aromatic N) is 3. The Morgan fingerprint density at radius 3 is 2.40 bits per heavy atom. The van der Waals surface area contributed by atoms with Crippen molar-refractivity contribution in [2.24, 2.45) is 5.41 Å². The molecule has 0 saturated carbocycles. The van der Waals surface area contributed by atoms with Gasteiger partial charge in [-0.15, -0.1) is 0 Å². The van der Waals surface area contributed by atoms with Crippen LogP contribution in [-0.4, -0.2) is 47.1 Å². The van der Waals surface area contributed by atoms with E-state index in [1.165, 1.54) is 0 Å². The quantitative estimate of drug-likeness (QED) is 0.843. The summed E-state index contributed by atoms with van der Waals surface area (Å²) in [4.78, 5) is 32.8. The molecule has 2 amide bonds. The van der Waals surface area contributed by atoms with Crippen LogP contribution in [-0.2, 0) is 9.53 Å². The van der Waals surface area contributed by atoms with E-state index in [4.69, 9.17) is 10.5 Å². The molecule has 3 heterocycles. The largest absolute Gasteiger partial charge is 0.444 e. The zero-order chi connectivity index (χ0) is 18.2. The van der Waals surface area contributed by atoms with Crippen LogP contribution in [0.3, 0.4) is 0 Å². The minimum absolute atomic E-state index is 0.128. The normalized spacial score (nSPS) is 20.2. The summed E-state index contributed by atoms with van der Waals surface area (Å²) in [6.07, 6.45) is 3.49. The fourth-order valence-electron chi connectivity index (χ4n) is 3.53. The second kappa shape index (κ2) is 6.20. The zero-order valence-electron chi connectivity index (χ0n) is 15.1. The first-order chi connectivity index (χ1) is 11.7. The summed E-state index contributed by atoms with van der Waals surface area (Å²) < 4.78 is 5.43. The average molecular weight is 346 g/mol. The summed E-state index contributed by atoms with van der Waals surface area (Å²) in [7, 11) is 0. The van der Waals surface area contributed by atoms with Crippen molar-refractivity contribution in [1.82, 2.24) is 9.88 Å². The molecule has 0 aromatic carbocycles. The van der Waals surface area contributed by atoms with Crippen LogP contribution in [0.5, 0.6) is 0 Å². The van der Waals surface area contributed by atoms with Crippen LogP contribution in [0.15, 0.2) is 18.3 Å². The Kier molecular flexibility index (Phi) is 4.34. The van der Waals surface area contributed by atoms with E-state index in [-0.39, 0.29) is 17.4 Å². The first-order valence-electron chi connectivity index (χ1n) is 8.72. The minimum atomic E-state index is -0.506. The van der Waals surface area contributed by atoms with E-state index in [1.807, 2.05) is 26.8 Å². The van der Waals surface area contributed by atoms with Gasteiger partial charge in [-0.3, -0.25) is 4.79 Å². The van der Waals surface area contributed by atoms with Gasteiger partial charge in [-0.1, -0.05) is 0 Å². The van der Waals surface area contributed by atoms with Gasteiger partial charge in [0, 0.05) is 19.6 Å². The van der Waals surface area contributed by atoms with Crippen molar-refractivity contribution in [1.29, 1.82) is 0 Å². The van der Waals surface area contributed by atoms with Gasteiger partial charge in [-0.05, 0) is 52.2 Å². The molecular weight excluding hydrogens is 320 g/mol. The van der Waals surface area contributed by atoms with Crippen LogP contribution in [0.1, 0.15) is 40.0 Å². The van der Waals surface area contributed by atoms with Crippen LogP contribution in [0.25, 0.3) is 0 Å². The minimum Gasteiger partial charge on any atom is -0.444 e. The van der Waals surface area contributed by atoms with Crippen molar-refractivity contribution < 1.29 is 14.3 Å². The summed E-state index contributed by atoms with van der Waals surface area (Å²) in [5.74, 6) is 0.568. The molecule has 136 valence electrons. The summed E-state index contributed by atoms with van der Waals surface area (Å²) in [6.45, 7) is 7.35. The molecule has 0 unspecified atom stereocenters. The lowest BCUT2D eigenvalue weighted by atomic mass is 9.77. The number of amides is 2. The lowest BCUT2D eigenvalue weighted by molar-refractivity contribution is -0.128. The van der Waals surface area contributed by atoms with Gasteiger partial charge in [0.25, 0.3) is 0 Å². The van der Waals surface area contributed by atoms with E-state index in [0.29, 0.717) is 38.3 Å². The van der Waals surface area contributed by atoms with Gasteiger partial charge in [0.2, 0.25) is 5.91 Å². The molecule has 0 radical (unpaired) electrons. The van der Waals surface area contributed by atoms with Gasteiger partial charge >= 0.3 is 6.09 Å². The molecule has 0 atom stereocenters. The van der Waals surface area contributed by atoms with Crippen LogP contribution < -0.4 is 10.6 Å². The van der Waals surface area contributed by atoms with Crippen molar-refractivity contribution >= 4 is 23.5 Å². The molecule has 3 rings (SSSR count). The number of hydrogen-bond donors (Lipinski definition) is 1. The number of piperidine rings is 1. The van der Waals surface area contributed by atoms with E-state index in [2.05, 4.69) is 4.98 Å². The molecule has 7 nitrogen and oxygen atoms in total. The van der Waals surface area contributed by atoms with E-state index in [1.54, 1.807) is 22.1 Å². The topological polar surface area (TPSA) is 88.8 Å². The lowest BCUT2D eigenvalue weighted by Gasteiger charge is -2.38.